The number of rotatable bonds is 8. The molecule has 0 bridgehead atoms. The molecule has 1 unspecified atom stereocenters. The number of fused-ring (bicyclic) bond motifs is 1. The number of aromatic hydroxyl groups is 1. The van der Waals surface area contributed by atoms with Gasteiger partial charge in [-0.25, -0.2) is 24.4 Å². The largest absolute Gasteiger partial charge is 0.506 e. The molecule has 276 valence electrons. The van der Waals surface area contributed by atoms with Crippen molar-refractivity contribution in [1.82, 2.24) is 9.97 Å². The van der Waals surface area contributed by atoms with Gasteiger partial charge in [0, 0.05) is 11.6 Å². The van der Waals surface area contributed by atoms with Crippen LogP contribution in [-0.4, -0.2) is 61.7 Å². The van der Waals surface area contributed by atoms with Crippen molar-refractivity contribution >= 4 is 50.5 Å². The molecule has 0 saturated heterocycles. The minimum absolute atomic E-state index is 0.0309. The molecule has 1 heterocycles. The topological polar surface area (TPSA) is 192 Å². The SMILES string of the molecule is COC1=CC(=O)C=C(C)C1(O)C(=O)Oc1c(C)c(C)c(C(=O)Oc2cc(C)c3c(Oc4c(C)c(C)c(C(=O)O)c(C)c4C)ncnc3c2C)c(O)c1Br. The average molecular weight is 790 g/mol. The Morgan fingerprint density at radius 1 is 0.792 bits per heavy atom. The number of carbonyl (C=O) groups is 4. The molecule has 0 spiro atoms. The Hall–Kier alpha value is -5.60. The second-order valence-electron chi connectivity index (χ2n) is 12.9. The number of methoxy groups -OCH3 is 1. The van der Waals surface area contributed by atoms with Crippen LogP contribution in [0.3, 0.4) is 0 Å². The van der Waals surface area contributed by atoms with Crippen LogP contribution in [0.2, 0.25) is 0 Å². The molecule has 53 heavy (non-hydrogen) atoms. The summed E-state index contributed by atoms with van der Waals surface area (Å²) in [6, 6.07) is 1.62. The molecule has 0 radical (unpaired) electrons. The van der Waals surface area contributed by atoms with Gasteiger partial charge in [0.1, 0.15) is 39.4 Å². The number of phenolic OH excluding ortho intramolecular Hbond substituents is 1. The maximum Gasteiger partial charge on any atom is 0.356 e. The number of ether oxygens (including phenoxy) is 4. The fourth-order valence-electron chi connectivity index (χ4n) is 6.40. The Kier molecular flexibility index (Phi) is 10.3. The number of hydrogen-bond acceptors (Lipinski definition) is 12. The molecule has 0 fully saturated rings. The summed E-state index contributed by atoms with van der Waals surface area (Å²) >= 11 is 3.23. The highest BCUT2D eigenvalue weighted by atomic mass is 79.9. The minimum atomic E-state index is -2.42. The number of aliphatic hydroxyl groups is 1. The van der Waals surface area contributed by atoms with Gasteiger partial charge in [0.05, 0.1) is 23.6 Å². The van der Waals surface area contributed by atoms with Gasteiger partial charge >= 0.3 is 17.9 Å². The molecule has 1 aliphatic rings. The maximum atomic E-state index is 13.8. The average Bonchev–Trinajstić information content (AvgIpc) is 3.10. The fraction of sp³-hybridized carbons (Fsp3) is 0.282. The van der Waals surface area contributed by atoms with Gasteiger partial charge in [0.2, 0.25) is 11.5 Å². The van der Waals surface area contributed by atoms with E-state index < -0.39 is 35.0 Å². The molecular weight excluding hydrogens is 752 g/mol. The molecule has 1 aromatic heterocycles. The number of carboxylic acid groups (broad SMARTS) is 1. The summed E-state index contributed by atoms with van der Waals surface area (Å²) in [6.07, 6.45) is 3.36. The second-order valence-corrected chi connectivity index (χ2v) is 13.7. The van der Waals surface area contributed by atoms with E-state index in [-0.39, 0.29) is 55.4 Å². The van der Waals surface area contributed by atoms with Crippen molar-refractivity contribution in [2.24, 2.45) is 0 Å². The van der Waals surface area contributed by atoms with Crippen LogP contribution in [0.1, 0.15) is 72.1 Å². The third-order valence-corrected chi connectivity index (χ3v) is 10.6. The normalized spacial score (nSPS) is 15.5. The molecule has 3 aromatic carbocycles. The zero-order valence-corrected chi connectivity index (χ0v) is 32.3. The van der Waals surface area contributed by atoms with Crippen LogP contribution in [0.5, 0.6) is 28.9 Å². The Balaban J connectivity index is 1.50. The molecular formula is C39H37BrN2O11. The summed E-state index contributed by atoms with van der Waals surface area (Å²) in [6.45, 7) is 14.9. The maximum absolute atomic E-state index is 13.8. The van der Waals surface area contributed by atoms with E-state index in [1.54, 1.807) is 54.5 Å². The molecule has 1 atom stereocenters. The van der Waals surface area contributed by atoms with Crippen molar-refractivity contribution in [1.29, 1.82) is 0 Å². The van der Waals surface area contributed by atoms with Crippen molar-refractivity contribution < 1.29 is 53.4 Å². The predicted octanol–water partition coefficient (Wildman–Crippen LogP) is 6.97. The Morgan fingerprint density at radius 3 is 1.96 bits per heavy atom. The third kappa shape index (κ3) is 6.31. The van der Waals surface area contributed by atoms with Crippen molar-refractivity contribution in [2.75, 3.05) is 7.11 Å². The Morgan fingerprint density at radius 2 is 1.38 bits per heavy atom. The summed E-state index contributed by atoms with van der Waals surface area (Å²) in [5.41, 5.74) is 2.00. The summed E-state index contributed by atoms with van der Waals surface area (Å²) in [5.74, 6) is -3.88. The third-order valence-electron chi connectivity index (χ3n) is 9.85. The lowest BCUT2D eigenvalue weighted by Crippen LogP contribution is -2.47. The number of carboxylic acids is 1. The van der Waals surface area contributed by atoms with Crippen LogP contribution >= 0.6 is 15.9 Å². The number of nitrogens with zero attached hydrogens (tertiary/aromatic N) is 2. The Labute approximate surface area is 313 Å². The van der Waals surface area contributed by atoms with E-state index in [4.69, 9.17) is 18.9 Å². The standard InChI is InChI=1S/C39H37BrN2O11/c1-15-11-25(23(9)31-27(15)35(42-14-41-31)52-33-20(6)17(3)28(36(45)46)18(4)21(33)7)51-37(47)29-19(5)22(8)34(30(40)32(29)44)53-38(48)39(49)16(2)12-24(43)13-26(39)50-10/h11-14,44,49H,1-10H3,(H,45,46). The van der Waals surface area contributed by atoms with Crippen molar-refractivity contribution in [2.45, 2.75) is 67.9 Å². The quantitative estimate of drug-likeness (QED) is 0.123. The first-order valence-electron chi connectivity index (χ1n) is 16.2. The van der Waals surface area contributed by atoms with Gasteiger partial charge < -0.3 is 34.3 Å². The van der Waals surface area contributed by atoms with Crippen molar-refractivity contribution in [3.63, 3.8) is 0 Å². The number of esters is 2. The van der Waals surface area contributed by atoms with Crippen LogP contribution in [0, 0.1) is 55.4 Å². The van der Waals surface area contributed by atoms with Crippen LogP contribution in [-0.2, 0) is 14.3 Å². The summed E-state index contributed by atoms with van der Waals surface area (Å²) < 4.78 is 22.8. The van der Waals surface area contributed by atoms with E-state index >= 15 is 0 Å². The van der Waals surface area contributed by atoms with E-state index in [1.165, 1.54) is 27.3 Å². The number of aromatic carboxylic acids is 1. The van der Waals surface area contributed by atoms with Gasteiger partial charge in [0.25, 0.3) is 0 Å². The highest BCUT2D eigenvalue weighted by molar-refractivity contribution is 9.10. The highest BCUT2D eigenvalue weighted by Crippen LogP contribution is 2.45. The van der Waals surface area contributed by atoms with Crippen LogP contribution in [0.25, 0.3) is 10.9 Å². The number of phenols is 1. The molecule has 14 heteroatoms. The number of allylic oxidation sites excluding steroid dienone is 2. The summed E-state index contributed by atoms with van der Waals surface area (Å²) in [5, 5.41) is 32.9. The zero-order chi connectivity index (χ0) is 39.4. The highest BCUT2D eigenvalue weighted by Gasteiger charge is 2.48. The molecule has 0 saturated carbocycles. The monoisotopic (exact) mass is 788 g/mol. The van der Waals surface area contributed by atoms with Crippen molar-refractivity contribution in [3.05, 3.63) is 96.0 Å². The number of ketones is 1. The summed E-state index contributed by atoms with van der Waals surface area (Å²) in [4.78, 5) is 59.9. The smallest absolute Gasteiger partial charge is 0.356 e. The molecule has 5 rings (SSSR count). The number of hydrogen-bond donors (Lipinski definition) is 3. The lowest BCUT2D eigenvalue weighted by Gasteiger charge is -2.30. The van der Waals surface area contributed by atoms with Crippen LogP contribution in [0.4, 0.5) is 0 Å². The molecule has 0 amide bonds. The van der Waals surface area contributed by atoms with E-state index in [1.807, 2.05) is 0 Å². The number of aromatic nitrogens is 2. The lowest BCUT2D eigenvalue weighted by molar-refractivity contribution is -0.151. The number of benzene rings is 3. The van der Waals surface area contributed by atoms with E-state index in [9.17, 15) is 34.5 Å². The van der Waals surface area contributed by atoms with Gasteiger partial charge in [-0.1, -0.05) is 0 Å². The summed E-state index contributed by atoms with van der Waals surface area (Å²) in [7, 11) is 1.19. The number of carbonyl (C=O) groups excluding carboxylic acids is 3. The molecule has 0 aliphatic heterocycles. The molecule has 13 nitrogen and oxygen atoms in total. The number of halogens is 1. The van der Waals surface area contributed by atoms with Crippen LogP contribution in [0.15, 0.2) is 40.4 Å². The molecule has 1 aliphatic carbocycles. The first-order valence-corrected chi connectivity index (χ1v) is 17.0. The van der Waals surface area contributed by atoms with Crippen molar-refractivity contribution in [3.8, 4) is 28.9 Å². The predicted molar refractivity (Wildman–Crippen MR) is 196 cm³/mol. The van der Waals surface area contributed by atoms with Gasteiger partial charge in [0.15, 0.2) is 11.5 Å². The zero-order valence-electron chi connectivity index (χ0n) is 30.7. The van der Waals surface area contributed by atoms with Gasteiger partial charge in [-0.2, -0.15) is 0 Å². The molecule has 3 N–H and O–H groups in total. The molecule has 4 aromatic rings. The van der Waals surface area contributed by atoms with E-state index in [0.717, 1.165) is 12.2 Å². The van der Waals surface area contributed by atoms with Gasteiger partial charge in [-0.3, -0.25) is 4.79 Å². The van der Waals surface area contributed by atoms with Gasteiger partial charge in [-0.05, 0) is 135 Å². The fourth-order valence-corrected chi connectivity index (χ4v) is 6.97. The first kappa shape index (κ1) is 38.6. The number of aryl methyl sites for hydroxylation is 2. The Bertz CT molecular complexity index is 2320. The lowest BCUT2D eigenvalue weighted by atomic mass is 9.87. The minimum Gasteiger partial charge on any atom is -0.506 e. The van der Waals surface area contributed by atoms with E-state index in [2.05, 4.69) is 25.9 Å². The van der Waals surface area contributed by atoms with E-state index in [0.29, 0.717) is 50.0 Å². The van der Waals surface area contributed by atoms with Crippen LogP contribution < -0.4 is 14.2 Å². The van der Waals surface area contributed by atoms with Gasteiger partial charge in [-0.15, -0.1) is 0 Å². The second kappa shape index (κ2) is 14.1. The first-order chi connectivity index (χ1) is 24.8.